The van der Waals surface area contributed by atoms with Crippen LogP contribution in [0, 0.1) is 0 Å². The van der Waals surface area contributed by atoms with E-state index in [1.165, 1.54) is 24.4 Å². The summed E-state index contributed by atoms with van der Waals surface area (Å²) in [5.74, 6) is 0. The van der Waals surface area contributed by atoms with E-state index in [2.05, 4.69) is 15.0 Å². The van der Waals surface area contributed by atoms with Gasteiger partial charge in [0, 0.05) is 37.1 Å². The molecular formula is C25H28F3N5O4S. The Kier molecular flexibility index (Phi) is 7.26. The van der Waals surface area contributed by atoms with Gasteiger partial charge in [0.05, 0.1) is 29.0 Å². The van der Waals surface area contributed by atoms with Crippen molar-refractivity contribution in [2.24, 2.45) is 0 Å². The number of imidazole rings is 1. The number of carbonyl (C=O) groups excluding carboxylic acids is 1. The third-order valence-electron chi connectivity index (χ3n) is 6.00. The van der Waals surface area contributed by atoms with Crippen LogP contribution in [0.3, 0.4) is 0 Å². The topological polar surface area (TPSA) is 107 Å². The third-order valence-corrected chi connectivity index (χ3v) is 6.86. The second-order valence-electron chi connectivity index (χ2n) is 10.1. The molecule has 3 heterocycles. The molecule has 2 aromatic heterocycles. The van der Waals surface area contributed by atoms with Gasteiger partial charge in [0.2, 0.25) is 15.0 Å². The first-order valence-corrected chi connectivity index (χ1v) is 13.8. The molecule has 0 unspecified atom stereocenters. The van der Waals surface area contributed by atoms with Crippen LogP contribution in [-0.4, -0.2) is 63.9 Å². The average molecular weight is 552 g/mol. The number of hydrogen-bond donors (Lipinski definition) is 0. The van der Waals surface area contributed by atoms with Gasteiger partial charge in [0.15, 0.2) is 0 Å². The van der Waals surface area contributed by atoms with Crippen molar-refractivity contribution in [3.05, 3.63) is 48.4 Å². The molecule has 0 aliphatic carbocycles. The van der Waals surface area contributed by atoms with Crippen molar-refractivity contribution in [1.82, 2.24) is 24.4 Å². The molecule has 1 fully saturated rings. The summed E-state index contributed by atoms with van der Waals surface area (Å²) in [5, 5.41) is -0.374. The van der Waals surface area contributed by atoms with E-state index < -0.39 is 33.3 Å². The largest absolute Gasteiger partial charge is 0.444 e. The Bertz CT molecular complexity index is 1420. The summed E-state index contributed by atoms with van der Waals surface area (Å²) in [6.07, 6.45) is 0.0987. The maximum absolute atomic E-state index is 13.1. The Balaban J connectivity index is 1.72. The van der Waals surface area contributed by atoms with Crippen molar-refractivity contribution in [1.29, 1.82) is 0 Å². The highest BCUT2D eigenvalue weighted by atomic mass is 32.2. The van der Waals surface area contributed by atoms with Gasteiger partial charge in [0.1, 0.15) is 5.60 Å². The lowest BCUT2D eigenvalue weighted by molar-refractivity contribution is -0.137. The monoisotopic (exact) mass is 551 g/mol. The van der Waals surface area contributed by atoms with Gasteiger partial charge in [-0.2, -0.15) is 13.2 Å². The minimum atomic E-state index is -4.49. The number of likely N-dealkylation sites (tertiary alicyclic amines) is 1. The molecular weight excluding hydrogens is 523 g/mol. The van der Waals surface area contributed by atoms with Gasteiger partial charge in [-0.3, -0.25) is 0 Å². The maximum Gasteiger partial charge on any atom is 0.416 e. The summed E-state index contributed by atoms with van der Waals surface area (Å²) in [7, 11) is -3.72. The smallest absolute Gasteiger partial charge is 0.416 e. The van der Waals surface area contributed by atoms with Crippen LogP contribution in [0.4, 0.5) is 18.0 Å². The Morgan fingerprint density at radius 1 is 1.03 bits per heavy atom. The number of alkyl halides is 3. The zero-order valence-electron chi connectivity index (χ0n) is 21.4. The highest BCUT2D eigenvalue weighted by molar-refractivity contribution is 7.90. The lowest BCUT2D eigenvalue weighted by atomic mass is 10.0. The summed E-state index contributed by atoms with van der Waals surface area (Å²) in [6.45, 7) is 6.23. The molecule has 1 aliphatic heterocycles. The minimum absolute atomic E-state index is 0.129. The first-order chi connectivity index (χ1) is 17.6. The van der Waals surface area contributed by atoms with Crippen LogP contribution in [0.1, 0.15) is 45.2 Å². The van der Waals surface area contributed by atoms with E-state index in [-0.39, 0.29) is 16.9 Å². The SMILES string of the molecule is CC(C)(C)OC(=O)N1CCC(n2cnc(-c3ccc(C(F)(F)F)cc3)c2-c2ccnc(S(C)(=O)=O)n2)CC1. The number of amides is 1. The molecule has 38 heavy (non-hydrogen) atoms. The number of nitrogens with zero attached hydrogens (tertiary/aromatic N) is 5. The number of rotatable bonds is 4. The van der Waals surface area contributed by atoms with Crippen LogP contribution >= 0.6 is 0 Å². The first-order valence-electron chi connectivity index (χ1n) is 11.9. The Morgan fingerprint density at radius 3 is 2.21 bits per heavy atom. The second kappa shape index (κ2) is 10.0. The van der Waals surface area contributed by atoms with E-state index in [4.69, 9.17) is 4.74 Å². The molecule has 4 rings (SSSR count). The predicted molar refractivity (Wildman–Crippen MR) is 133 cm³/mol. The van der Waals surface area contributed by atoms with Crippen LogP contribution in [0.25, 0.3) is 22.6 Å². The average Bonchev–Trinajstić information content (AvgIpc) is 3.27. The summed E-state index contributed by atoms with van der Waals surface area (Å²) in [5.41, 5.74) is 0.0732. The highest BCUT2D eigenvalue weighted by Gasteiger charge is 2.32. The molecule has 13 heteroatoms. The number of piperidine rings is 1. The molecule has 204 valence electrons. The van der Waals surface area contributed by atoms with Gasteiger partial charge in [-0.15, -0.1) is 0 Å². The standard InChI is InChI=1S/C25H28F3N5O4S/c1-24(2,3)37-23(34)32-13-10-18(11-14-32)33-15-30-20(16-5-7-17(8-6-16)25(26,27)28)21(33)19-9-12-29-22(31-19)38(4,35)36/h5-9,12,15,18H,10-11,13-14H2,1-4H3. The normalized spacial score (nSPS) is 15.5. The Labute approximate surface area is 218 Å². The van der Waals surface area contributed by atoms with E-state index >= 15 is 0 Å². The van der Waals surface area contributed by atoms with E-state index in [1.54, 1.807) is 32.0 Å². The van der Waals surface area contributed by atoms with Gasteiger partial charge >= 0.3 is 12.3 Å². The molecule has 0 bridgehead atoms. The van der Waals surface area contributed by atoms with Crippen LogP contribution < -0.4 is 0 Å². The van der Waals surface area contributed by atoms with Gasteiger partial charge in [-0.1, -0.05) is 12.1 Å². The van der Waals surface area contributed by atoms with Crippen molar-refractivity contribution in [2.75, 3.05) is 19.3 Å². The van der Waals surface area contributed by atoms with Crippen LogP contribution in [0.2, 0.25) is 0 Å². The molecule has 0 spiro atoms. The molecule has 9 nitrogen and oxygen atoms in total. The minimum Gasteiger partial charge on any atom is -0.444 e. The summed E-state index contributed by atoms with van der Waals surface area (Å²) in [4.78, 5) is 26.7. The number of halogens is 3. The van der Waals surface area contributed by atoms with Crippen LogP contribution in [-0.2, 0) is 20.8 Å². The molecule has 1 saturated heterocycles. The van der Waals surface area contributed by atoms with E-state index in [1.807, 2.05) is 4.57 Å². The molecule has 0 N–H and O–H groups in total. The number of benzene rings is 1. The van der Waals surface area contributed by atoms with Crippen molar-refractivity contribution in [2.45, 2.75) is 56.6 Å². The second-order valence-corrected chi connectivity index (χ2v) is 12.0. The summed E-state index contributed by atoms with van der Waals surface area (Å²) >= 11 is 0. The quantitative estimate of drug-likeness (QED) is 0.420. The fourth-order valence-corrected chi connectivity index (χ4v) is 4.74. The van der Waals surface area contributed by atoms with E-state index in [0.717, 1.165) is 18.4 Å². The number of ether oxygens (including phenoxy) is 1. The number of aromatic nitrogens is 4. The predicted octanol–water partition coefficient (Wildman–Crippen LogP) is 5.00. The van der Waals surface area contributed by atoms with Gasteiger partial charge in [-0.25, -0.2) is 28.2 Å². The van der Waals surface area contributed by atoms with Crippen LogP contribution in [0.5, 0.6) is 0 Å². The van der Waals surface area contributed by atoms with Gasteiger partial charge in [0.25, 0.3) is 0 Å². The lowest BCUT2D eigenvalue weighted by Crippen LogP contribution is -2.42. The highest BCUT2D eigenvalue weighted by Crippen LogP contribution is 2.37. The first kappa shape index (κ1) is 27.6. The number of carbonyl (C=O) groups is 1. The third kappa shape index (κ3) is 6.14. The summed E-state index contributed by atoms with van der Waals surface area (Å²) in [6, 6.07) is 5.99. The van der Waals surface area contributed by atoms with Crippen molar-refractivity contribution in [3.63, 3.8) is 0 Å². The van der Waals surface area contributed by atoms with Crippen molar-refractivity contribution in [3.8, 4) is 22.6 Å². The lowest BCUT2D eigenvalue weighted by Gasteiger charge is -2.34. The Hall–Kier alpha value is -3.48. The van der Waals surface area contributed by atoms with Crippen molar-refractivity contribution >= 4 is 15.9 Å². The number of hydrogen-bond acceptors (Lipinski definition) is 7. The number of sulfone groups is 1. The molecule has 0 radical (unpaired) electrons. The zero-order chi connectivity index (χ0) is 27.9. The molecule has 0 atom stereocenters. The molecule has 1 aromatic carbocycles. The zero-order valence-corrected chi connectivity index (χ0v) is 22.2. The van der Waals surface area contributed by atoms with E-state index in [0.29, 0.717) is 42.9 Å². The maximum atomic E-state index is 13.1. The fourth-order valence-electron chi connectivity index (χ4n) is 4.22. The Morgan fingerprint density at radius 2 is 1.66 bits per heavy atom. The van der Waals surface area contributed by atoms with E-state index in [9.17, 15) is 26.4 Å². The fraction of sp³-hybridized carbons (Fsp3) is 0.440. The van der Waals surface area contributed by atoms with Gasteiger partial charge in [-0.05, 0) is 51.8 Å². The molecule has 3 aromatic rings. The summed E-state index contributed by atoms with van der Waals surface area (Å²) < 4.78 is 70.9. The molecule has 1 aliphatic rings. The molecule has 0 saturated carbocycles. The van der Waals surface area contributed by atoms with Crippen LogP contribution in [0.15, 0.2) is 48.0 Å². The molecule has 1 amide bonds. The van der Waals surface area contributed by atoms with Crippen molar-refractivity contribution < 1.29 is 31.1 Å². The van der Waals surface area contributed by atoms with Gasteiger partial charge < -0.3 is 14.2 Å².